The van der Waals surface area contributed by atoms with Crippen LogP contribution < -0.4 is 0 Å². The first-order valence-electron chi connectivity index (χ1n) is 4.03. The van der Waals surface area contributed by atoms with Gasteiger partial charge < -0.3 is 4.74 Å². The van der Waals surface area contributed by atoms with Crippen molar-refractivity contribution in [2.45, 2.75) is 13.8 Å². The molecule has 0 aliphatic rings. The monoisotopic (exact) mass is 164 g/mol. The van der Waals surface area contributed by atoms with Crippen LogP contribution in [-0.2, 0) is 4.74 Å². The number of ether oxygens (including phenoxy) is 1. The number of allylic oxidation sites excluding steroid dienone is 2. The zero-order valence-electron chi connectivity index (χ0n) is 8.00. The Hall–Kier alpha value is -1.00. The molecule has 1 atom stereocenters. The van der Waals surface area contributed by atoms with Gasteiger partial charge in [0.1, 0.15) is 0 Å². The lowest BCUT2D eigenvalue weighted by Gasteiger charge is -1.99. The second-order valence-electron chi connectivity index (χ2n) is 2.61. The van der Waals surface area contributed by atoms with Crippen LogP contribution in [0.5, 0.6) is 0 Å². The molecule has 0 saturated carbocycles. The van der Waals surface area contributed by atoms with Crippen LogP contribution in [0.25, 0.3) is 0 Å². The molecule has 0 saturated heterocycles. The highest BCUT2D eigenvalue weighted by Gasteiger charge is 1.91. The zero-order chi connectivity index (χ0) is 9.40. The molecule has 0 aromatic carbocycles. The third kappa shape index (κ3) is 4.76. The quantitative estimate of drug-likeness (QED) is 0.458. The average Bonchev–Trinajstić information content (AvgIpc) is 2.11. The van der Waals surface area contributed by atoms with Gasteiger partial charge in [0.05, 0.1) is 6.61 Å². The minimum Gasteiger partial charge on any atom is -0.380 e. The van der Waals surface area contributed by atoms with Gasteiger partial charge in [-0.3, -0.25) is 0 Å². The van der Waals surface area contributed by atoms with Crippen LogP contribution >= 0.6 is 0 Å². The highest BCUT2D eigenvalue weighted by atomic mass is 16.5. The standard InChI is InChI=1S/C11H16O/c1-5-10(3)7-8-11(6-2)9-12-4/h1,6-8,10H,9H2,2-4H3/b8-7-,11-6+. The van der Waals surface area contributed by atoms with Crippen LogP contribution in [0.15, 0.2) is 23.8 Å². The fraction of sp³-hybridized carbons (Fsp3) is 0.455. The van der Waals surface area contributed by atoms with E-state index in [9.17, 15) is 0 Å². The van der Waals surface area contributed by atoms with E-state index in [4.69, 9.17) is 11.2 Å². The van der Waals surface area contributed by atoms with Crippen molar-refractivity contribution < 1.29 is 4.74 Å². The predicted molar refractivity (Wildman–Crippen MR) is 52.8 cm³/mol. The lowest BCUT2D eigenvalue weighted by molar-refractivity contribution is 0.228. The van der Waals surface area contributed by atoms with E-state index < -0.39 is 0 Å². The second kappa shape index (κ2) is 6.69. The molecule has 0 heterocycles. The Balaban J connectivity index is 4.04. The van der Waals surface area contributed by atoms with Gasteiger partial charge in [0.2, 0.25) is 0 Å². The van der Waals surface area contributed by atoms with Gasteiger partial charge in [-0.05, 0) is 19.4 Å². The molecule has 12 heavy (non-hydrogen) atoms. The fourth-order valence-electron chi connectivity index (χ4n) is 0.718. The van der Waals surface area contributed by atoms with E-state index in [-0.39, 0.29) is 5.92 Å². The number of hydrogen-bond donors (Lipinski definition) is 0. The van der Waals surface area contributed by atoms with E-state index in [1.54, 1.807) is 7.11 Å². The Kier molecular flexibility index (Phi) is 6.14. The van der Waals surface area contributed by atoms with Crippen molar-refractivity contribution in [2.75, 3.05) is 13.7 Å². The first-order valence-corrected chi connectivity index (χ1v) is 4.03. The molecule has 0 aliphatic heterocycles. The van der Waals surface area contributed by atoms with Gasteiger partial charge in [0.25, 0.3) is 0 Å². The number of hydrogen-bond acceptors (Lipinski definition) is 1. The number of methoxy groups -OCH3 is 1. The van der Waals surface area contributed by atoms with E-state index in [2.05, 4.69) is 5.92 Å². The van der Waals surface area contributed by atoms with Crippen molar-refractivity contribution in [3.8, 4) is 12.3 Å². The summed E-state index contributed by atoms with van der Waals surface area (Å²) in [5, 5.41) is 0. The highest BCUT2D eigenvalue weighted by molar-refractivity contribution is 5.20. The molecule has 1 nitrogen and oxygen atoms in total. The summed E-state index contributed by atoms with van der Waals surface area (Å²) in [5.74, 6) is 2.82. The third-order valence-electron chi connectivity index (χ3n) is 1.54. The molecule has 0 bridgehead atoms. The topological polar surface area (TPSA) is 9.23 Å². The summed E-state index contributed by atoms with van der Waals surface area (Å²) < 4.78 is 4.99. The van der Waals surface area contributed by atoms with Gasteiger partial charge in [-0.15, -0.1) is 6.42 Å². The Morgan fingerprint density at radius 1 is 1.67 bits per heavy atom. The van der Waals surface area contributed by atoms with E-state index >= 15 is 0 Å². The van der Waals surface area contributed by atoms with Gasteiger partial charge in [0, 0.05) is 13.0 Å². The lowest BCUT2D eigenvalue weighted by Crippen LogP contribution is -1.91. The maximum atomic E-state index is 5.22. The predicted octanol–water partition coefficient (Wildman–Crippen LogP) is 2.40. The van der Waals surface area contributed by atoms with Crippen LogP contribution in [0.2, 0.25) is 0 Å². The lowest BCUT2D eigenvalue weighted by atomic mass is 10.1. The van der Waals surface area contributed by atoms with Crippen LogP contribution in [0.3, 0.4) is 0 Å². The molecule has 0 aliphatic carbocycles. The minimum absolute atomic E-state index is 0.191. The zero-order valence-corrected chi connectivity index (χ0v) is 8.00. The number of terminal acetylenes is 1. The van der Waals surface area contributed by atoms with Crippen molar-refractivity contribution in [3.63, 3.8) is 0 Å². The summed E-state index contributed by atoms with van der Waals surface area (Å²) in [6.07, 6.45) is 11.2. The van der Waals surface area contributed by atoms with Crippen molar-refractivity contribution in [3.05, 3.63) is 23.8 Å². The Morgan fingerprint density at radius 2 is 2.33 bits per heavy atom. The molecule has 0 rings (SSSR count). The maximum Gasteiger partial charge on any atom is 0.0709 e. The molecule has 0 aromatic heterocycles. The minimum atomic E-state index is 0.191. The van der Waals surface area contributed by atoms with E-state index in [1.807, 2.05) is 32.1 Å². The van der Waals surface area contributed by atoms with Crippen LogP contribution in [0, 0.1) is 18.3 Å². The van der Waals surface area contributed by atoms with Gasteiger partial charge in [0.15, 0.2) is 0 Å². The summed E-state index contributed by atoms with van der Waals surface area (Å²) in [7, 11) is 1.68. The van der Waals surface area contributed by atoms with Crippen molar-refractivity contribution in [1.82, 2.24) is 0 Å². The normalized spacial score (nSPS) is 14.7. The summed E-state index contributed by atoms with van der Waals surface area (Å²) in [6, 6.07) is 0. The van der Waals surface area contributed by atoms with Crippen molar-refractivity contribution in [1.29, 1.82) is 0 Å². The summed E-state index contributed by atoms with van der Waals surface area (Å²) in [4.78, 5) is 0. The first kappa shape index (κ1) is 11.0. The largest absolute Gasteiger partial charge is 0.380 e. The summed E-state index contributed by atoms with van der Waals surface area (Å²) >= 11 is 0. The van der Waals surface area contributed by atoms with Crippen LogP contribution in [-0.4, -0.2) is 13.7 Å². The van der Waals surface area contributed by atoms with Crippen molar-refractivity contribution >= 4 is 0 Å². The fourth-order valence-corrected chi connectivity index (χ4v) is 0.718. The molecule has 0 amide bonds. The van der Waals surface area contributed by atoms with Gasteiger partial charge in [-0.25, -0.2) is 0 Å². The van der Waals surface area contributed by atoms with Gasteiger partial charge >= 0.3 is 0 Å². The second-order valence-corrected chi connectivity index (χ2v) is 2.61. The first-order chi connectivity index (χ1) is 5.74. The van der Waals surface area contributed by atoms with Gasteiger partial charge in [-0.1, -0.05) is 24.1 Å². The van der Waals surface area contributed by atoms with E-state index in [0.717, 1.165) is 5.57 Å². The molecule has 0 aromatic rings. The molecular formula is C11H16O. The molecule has 0 spiro atoms. The van der Waals surface area contributed by atoms with Crippen LogP contribution in [0.4, 0.5) is 0 Å². The number of rotatable bonds is 4. The van der Waals surface area contributed by atoms with Crippen molar-refractivity contribution in [2.24, 2.45) is 5.92 Å². The third-order valence-corrected chi connectivity index (χ3v) is 1.54. The van der Waals surface area contributed by atoms with Crippen LogP contribution in [0.1, 0.15) is 13.8 Å². The highest BCUT2D eigenvalue weighted by Crippen LogP contribution is 2.01. The molecule has 0 fully saturated rings. The Labute approximate surface area is 75.1 Å². The average molecular weight is 164 g/mol. The Morgan fingerprint density at radius 3 is 2.75 bits per heavy atom. The molecule has 0 N–H and O–H groups in total. The maximum absolute atomic E-state index is 5.22. The smallest absolute Gasteiger partial charge is 0.0709 e. The summed E-state index contributed by atoms with van der Waals surface area (Å²) in [6.45, 7) is 4.61. The van der Waals surface area contributed by atoms with E-state index in [0.29, 0.717) is 6.61 Å². The Bertz CT molecular complexity index is 206. The summed E-state index contributed by atoms with van der Waals surface area (Å²) in [5.41, 5.74) is 1.15. The molecule has 66 valence electrons. The van der Waals surface area contributed by atoms with Gasteiger partial charge in [-0.2, -0.15) is 0 Å². The molecule has 1 heteroatoms. The molecule has 1 unspecified atom stereocenters. The van der Waals surface area contributed by atoms with E-state index in [1.165, 1.54) is 0 Å². The molecule has 0 radical (unpaired) electrons. The SMILES string of the molecule is C#CC(C)/C=C\C(=C/C)COC. The molecular weight excluding hydrogens is 148 g/mol.